The van der Waals surface area contributed by atoms with Crippen LogP contribution in [0.4, 0.5) is 0 Å². The Balaban J connectivity index is 2.21. The molecule has 114 valence electrons. The standard InChI is InChI=1S/C17H29NO2/c1-6-18-16(19)12-14(3)9-7-8-13(2)10-11-15-17(4,5)20-15/h8,12,15H,6-7,9-11H2,1-5H3,(H,18,19). The number of hydrogen-bond donors (Lipinski definition) is 1. The van der Waals surface area contributed by atoms with Gasteiger partial charge in [0.05, 0.1) is 11.7 Å². The molecule has 0 spiro atoms. The number of allylic oxidation sites excluding steroid dienone is 3. The Kier molecular flexibility index (Phi) is 6.47. The van der Waals surface area contributed by atoms with Crippen molar-refractivity contribution in [2.45, 2.75) is 72.0 Å². The zero-order valence-electron chi connectivity index (χ0n) is 13.6. The Morgan fingerprint density at radius 1 is 1.25 bits per heavy atom. The average Bonchev–Trinajstić information content (AvgIpc) is 2.94. The molecule has 1 saturated heterocycles. The van der Waals surface area contributed by atoms with E-state index in [-0.39, 0.29) is 11.5 Å². The number of amides is 1. The van der Waals surface area contributed by atoms with Gasteiger partial charge < -0.3 is 10.1 Å². The van der Waals surface area contributed by atoms with Crippen LogP contribution in [0, 0.1) is 0 Å². The molecule has 1 atom stereocenters. The van der Waals surface area contributed by atoms with Gasteiger partial charge in [0.1, 0.15) is 0 Å². The summed E-state index contributed by atoms with van der Waals surface area (Å²) in [6, 6.07) is 0. The quantitative estimate of drug-likeness (QED) is 0.417. The van der Waals surface area contributed by atoms with Crippen molar-refractivity contribution >= 4 is 5.91 Å². The summed E-state index contributed by atoms with van der Waals surface area (Å²) in [4.78, 5) is 11.4. The lowest BCUT2D eigenvalue weighted by atomic mass is 10.0. The van der Waals surface area contributed by atoms with Gasteiger partial charge in [-0.3, -0.25) is 4.79 Å². The molecule has 0 aromatic carbocycles. The topological polar surface area (TPSA) is 41.6 Å². The van der Waals surface area contributed by atoms with Crippen molar-refractivity contribution in [1.29, 1.82) is 0 Å². The number of likely N-dealkylation sites (N-methyl/N-ethyl adjacent to an activating group) is 1. The van der Waals surface area contributed by atoms with E-state index in [2.05, 4.69) is 32.2 Å². The van der Waals surface area contributed by atoms with E-state index in [1.54, 1.807) is 6.08 Å². The smallest absolute Gasteiger partial charge is 0.243 e. The molecule has 1 aliphatic rings. The molecule has 1 N–H and O–H groups in total. The van der Waals surface area contributed by atoms with E-state index in [4.69, 9.17) is 4.74 Å². The second-order valence-electron chi connectivity index (χ2n) is 6.22. The first kappa shape index (κ1) is 17.0. The number of carbonyl (C=O) groups is 1. The van der Waals surface area contributed by atoms with Gasteiger partial charge in [-0.15, -0.1) is 0 Å². The molecule has 1 aliphatic heterocycles. The van der Waals surface area contributed by atoms with Crippen molar-refractivity contribution in [3.63, 3.8) is 0 Å². The summed E-state index contributed by atoms with van der Waals surface area (Å²) < 4.78 is 5.58. The van der Waals surface area contributed by atoms with Crippen LogP contribution >= 0.6 is 0 Å². The van der Waals surface area contributed by atoms with Gasteiger partial charge in [0, 0.05) is 12.6 Å². The molecule has 3 nitrogen and oxygen atoms in total. The molecule has 1 fully saturated rings. The van der Waals surface area contributed by atoms with Gasteiger partial charge in [0.15, 0.2) is 0 Å². The highest BCUT2D eigenvalue weighted by molar-refractivity contribution is 5.88. The number of ether oxygens (including phenoxy) is 1. The molecule has 0 saturated carbocycles. The highest BCUT2D eigenvalue weighted by atomic mass is 16.6. The first-order valence-electron chi connectivity index (χ1n) is 7.63. The Labute approximate surface area is 123 Å². The van der Waals surface area contributed by atoms with Crippen LogP contribution in [0.25, 0.3) is 0 Å². The lowest BCUT2D eigenvalue weighted by molar-refractivity contribution is -0.116. The lowest BCUT2D eigenvalue weighted by Crippen LogP contribution is -2.20. The van der Waals surface area contributed by atoms with Crippen molar-refractivity contribution in [2.24, 2.45) is 0 Å². The van der Waals surface area contributed by atoms with Crippen LogP contribution < -0.4 is 5.32 Å². The fourth-order valence-electron chi connectivity index (χ4n) is 2.27. The van der Waals surface area contributed by atoms with E-state index in [9.17, 15) is 4.79 Å². The summed E-state index contributed by atoms with van der Waals surface area (Å²) in [6.07, 6.45) is 8.58. The molecule has 3 heteroatoms. The molecule has 1 amide bonds. The first-order valence-corrected chi connectivity index (χ1v) is 7.63. The number of nitrogens with one attached hydrogen (secondary N) is 1. The van der Waals surface area contributed by atoms with Gasteiger partial charge in [-0.1, -0.05) is 17.2 Å². The van der Waals surface area contributed by atoms with Gasteiger partial charge in [-0.05, 0) is 60.3 Å². The Hall–Kier alpha value is -1.09. The molecule has 20 heavy (non-hydrogen) atoms. The van der Waals surface area contributed by atoms with Gasteiger partial charge >= 0.3 is 0 Å². The van der Waals surface area contributed by atoms with Crippen molar-refractivity contribution in [3.05, 3.63) is 23.3 Å². The Morgan fingerprint density at radius 2 is 1.90 bits per heavy atom. The third-order valence-electron chi connectivity index (χ3n) is 3.73. The Bertz CT molecular complexity index is 394. The van der Waals surface area contributed by atoms with Crippen molar-refractivity contribution in [1.82, 2.24) is 5.32 Å². The SMILES string of the molecule is CCNC(=O)C=C(C)CCC=C(C)CCC1OC1(C)C. The average molecular weight is 279 g/mol. The molecular formula is C17H29NO2. The highest BCUT2D eigenvalue weighted by Gasteiger charge is 2.46. The molecule has 1 rings (SSSR count). The minimum Gasteiger partial charge on any atom is -0.367 e. The maximum absolute atomic E-state index is 11.4. The fourth-order valence-corrected chi connectivity index (χ4v) is 2.27. The molecule has 0 bridgehead atoms. The molecule has 0 radical (unpaired) electrons. The van der Waals surface area contributed by atoms with Crippen LogP contribution in [0.5, 0.6) is 0 Å². The van der Waals surface area contributed by atoms with Crippen LogP contribution in [-0.2, 0) is 9.53 Å². The summed E-state index contributed by atoms with van der Waals surface area (Å²) in [7, 11) is 0. The van der Waals surface area contributed by atoms with Gasteiger partial charge in [0.2, 0.25) is 5.91 Å². The van der Waals surface area contributed by atoms with E-state index in [1.165, 1.54) is 5.57 Å². The number of carbonyl (C=O) groups excluding carboxylic acids is 1. The van der Waals surface area contributed by atoms with Crippen LogP contribution in [0.3, 0.4) is 0 Å². The van der Waals surface area contributed by atoms with E-state index in [0.717, 1.165) is 31.3 Å². The zero-order chi connectivity index (χ0) is 15.2. The third-order valence-corrected chi connectivity index (χ3v) is 3.73. The van der Waals surface area contributed by atoms with E-state index >= 15 is 0 Å². The van der Waals surface area contributed by atoms with Gasteiger partial charge in [-0.2, -0.15) is 0 Å². The maximum atomic E-state index is 11.4. The van der Waals surface area contributed by atoms with Crippen LogP contribution in [0.1, 0.15) is 60.3 Å². The summed E-state index contributed by atoms with van der Waals surface area (Å²) in [5.74, 6) is 0.0128. The maximum Gasteiger partial charge on any atom is 0.243 e. The fraction of sp³-hybridized carbons (Fsp3) is 0.706. The minimum absolute atomic E-state index is 0.0128. The molecule has 0 aromatic rings. The summed E-state index contributed by atoms with van der Waals surface area (Å²) in [6.45, 7) is 11.1. The van der Waals surface area contributed by atoms with Crippen LogP contribution in [-0.4, -0.2) is 24.2 Å². The van der Waals surface area contributed by atoms with Crippen molar-refractivity contribution < 1.29 is 9.53 Å². The van der Waals surface area contributed by atoms with Crippen LogP contribution in [0.15, 0.2) is 23.3 Å². The summed E-state index contributed by atoms with van der Waals surface area (Å²) in [5.41, 5.74) is 2.65. The monoisotopic (exact) mass is 279 g/mol. The lowest BCUT2D eigenvalue weighted by Gasteiger charge is -2.02. The molecular weight excluding hydrogens is 250 g/mol. The van der Waals surface area contributed by atoms with Crippen molar-refractivity contribution in [2.75, 3.05) is 6.54 Å². The Morgan fingerprint density at radius 3 is 2.45 bits per heavy atom. The summed E-state index contributed by atoms with van der Waals surface area (Å²) in [5, 5.41) is 2.78. The largest absolute Gasteiger partial charge is 0.367 e. The molecule has 0 aromatic heterocycles. The van der Waals surface area contributed by atoms with E-state index < -0.39 is 0 Å². The molecule has 1 unspecified atom stereocenters. The minimum atomic E-state index is 0.0128. The number of epoxide rings is 1. The van der Waals surface area contributed by atoms with E-state index in [1.807, 2.05) is 13.8 Å². The second-order valence-corrected chi connectivity index (χ2v) is 6.22. The van der Waals surface area contributed by atoms with Gasteiger partial charge in [0.25, 0.3) is 0 Å². The van der Waals surface area contributed by atoms with Crippen LogP contribution in [0.2, 0.25) is 0 Å². The summed E-state index contributed by atoms with van der Waals surface area (Å²) >= 11 is 0. The highest BCUT2D eigenvalue weighted by Crippen LogP contribution is 2.38. The number of hydrogen-bond acceptors (Lipinski definition) is 2. The first-order chi connectivity index (χ1) is 9.35. The molecule has 1 heterocycles. The molecule has 0 aliphatic carbocycles. The predicted molar refractivity (Wildman–Crippen MR) is 83.6 cm³/mol. The second kappa shape index (κ2) is 7.63. The normalized spacial score (nSPS) is 21.8. The number of rotatable bonds is 8. The van der Waals surface area contributed by atoms with Gasteiger partial charge in [-0.25, -0.2) is 0 Å². The third kappa shape index (κ3) is 6.38. The predicted octanol–water partition coefficient (Wildman–Crippen LogP) is 3.75. The van der Waals surface area contributed by atoms with Crippen molar-refractivity contribution in [3.8, 4) is 0 Å². The van der Waals surface area contributed by atoms with E-state index in [0.29, 0.717) is 12.6 Å². The zero-order valence-corrected chi connectivity index (χ0v) is 13.6.